The standard InChI is InChI=1S/C18H17NO3/c1-12-17(14-9-10-15(20-2)16(11-14)21-3)18(19-22-12)13-7-5-4-6-8-13/h4-11H,1-3H3. The van der Waals surface area contributed by atoms with Gasteiger partial charge in [0.25, 0.3) is 0 Å². The van der Waals surface area contributed by atoms with Gasteiger partial charge in [0.05, 0.1) is 19.8 Å². The molecule has 22 heavy (non-hydrogen) atoms. The number of nitrogens with zero attached hydrogens (tertiary/aromatic N) is 1. The fraction of sp³-hybridized carbons (Fsp3) is 0.167. The maximum absolute atomic E-state index is 5.41. The zero-order valence-electron chi connectivity index (χ0n) is 12.8. The monoisotopic (exact) mass is 295 g/mol. The maximum atomic E-state index is 5.41. The largest absolute Gasteiger partial charge is 0.493 e. The SMILES string of the molecule is COc1ccc(-c2c(-c3ccccc3)noc2C)cc1OC. The van der Waals surface area contributed by atoms with Gasteiger partial charge in [-0.2, -0.15) is 0 Å². The van der Waals surface area contributed by atoms with E-state index in [1.54, 1.807) is 14.2 Å². The van der Waals surface area contributed by atoms with E-state index in [4.69, 9.17) is 14.0 Å². The summed E-state index contributed by atoms with van der Waals surface area (Å²) < 4.78 is 16.1. The first-order valence-electron chi connectivity index (χ1n) is 6.98. The molecule has 0 aliphatic carbocycles. The molecule has 2 aromatic carbocycles. The van der Waals surface area contributed by atoms with Crippen LogP contribution < -0.4 is 9.47 Å². The Balaban J connectivity index is 2.15. The highest BCUT2D eigenvalue weighted by molar-refractivity contribution is 5.82. The summed E-state index contributed by atoms with van der Waals surface area (Å²) in [5, 5.41) is 4.21. The maximum Gasteiger partial charge on any atom is 0.161 e. The van der Waals surface area contributed by atoms with Crippen LogP contribution in [0.2, 0.25) is 0 Å². The molecule has 0 amide bonds. The van der Waals surface area contributed by atoms with Crippen LogP contribution in [0.3, 0.4) is 0 Å². The Kier molecular flexibility index (Phi) is 3.83. The molecule has 0 aliphatic heterocycles. The Morgan fingerprint density at radius 3 is 2.27 bits per heavy atom. The molecule has 0 unspecified atom stereocenters. The third kappa shape index (κ3) is 2.44. The number of benzene rings is 2. The van der Waals surface area contributed by atoms with Crippen molar-refractivity contribution in [3.8, 4) is 33.9 Å². The Labute approximate surface area is 129 Å². The molecule has 3 rings (SSSR count). The average molecular weight is 295 g/mol. The molecule has 0 radical (unpaired) electrons. The summed E-state index contributed by atoms with van der Waals surface area (Å²) in [6.07, 6.45) is 0. The molecule has 0 bridgehead atoms. The van der Waals surface area contributed by atoms with Crippen LogP contribution in [-0.2, 0) is 0 Å². The van der Waals surface area contributed by atoms with Crippen molar-refractivity contribution in [1.82, 2.24) is 5.16 Å². The van der Waals surface area contributed by atoms with Gasteiger partial charge < -0.3 is 14.0 Å². The van der Waals surface area contributed by atoms with Crippen molar-refractivity contribution in [2.24, 2.45) is 0 Å². The van der Waals surface area contributed by atoms with E-state index in [2.05, 4.69) is 5.16 Å². The number of rotatable bonds is 4. The zero-order chi connectivity index (χ0) is 15.5. The second kappa shape index (κ2) is 5.93. The van der Waals surface area contributed by atoms with Crippen LogP contribution in [0.1, 0.15) is 5.76 Å². The van der Waals surface area contributed by atoms with Crippen molar-refractivity contribution in [1.29, 1.82) is 0 Å². The summed E-state index contributed by atoms with van der Waals surface area (Å²) in [6.45, 7) is 1.91. The fourth-order valence-corrected chi connectivity index (χ4v) is 2.50. The first-order chi connectivity index (χ1) is 10.7. The van der Waals surface area contributed by atoms with Crippen molar-refractivity contribution >= 4 is 0 Å². The van der Waals surface area contributed by atoms with Gasteiger partial charge in [-0.15, -0.1) is 0 Å². The van der Waals surface area contributed by atoms with Gasteiger partial charge in [0.15, 0.2) is 11.5 Å². The highest BCUT2D eigenvalue weighted by atomic mass is 16.5. The summed E-state index contributed by atoms with van der Waals surface area (Å²) in [5.41, 5.74) is 3.79. The van der Waals surface area contributed by atoms with E-state index in [1.807, 2.05) is 55.5 Å². The van der Waals surface area contributed by atoms with Crippen LogP contribution in [0.15, 0.2) is 53.1 Å². The lowest BCUT2D eigenvalue weighted by Gasteiger charge is -2.10. The van der Waals surface area contributed by atoms with E-state index in [0.717, 1.165) is 28.1 Å². The molecular weight excluding hydrogens is 278 g/mol. The summed E-state index contributed by atoms with van der Waals surface area (Å²) >= 11 is 0. The number of ether oxygens (including phenoxy) is 2. The lowest BCUT2D eigenvalue weighted by Crippen LogP contribution is -1.91. The Morgan fingerprint density at radius 1 is 0.864 bits per heavy atom. The first-order valence-corrected chi connectivity index (χ1v) is 6.98. The summed E-state index contributed by atoms with van der Waals surface area (Å²) in [6, 6.07) is 15.8. The zero-order valence-corrected chi connectivity index (χ0v) is 12.8. The molecule has 0 spiro atoms. The molecule has 4 heteroatoms. The molecule has 0 saturated carbocycles. The van der Waals surface area contributed by atoms with Gasteiger partial charge in [-0.05, 0) is 24.6 Å². The van der Waals surface area contributed by atoms with E-state index >= 15 is 0 Å². The molecule has 0 atom stereocenters. The van der Waals surface area contributed by atoms with Crippen LogP contribution in [-0.4, -0.2) is 19.4 Å². The summed E-state index contributed by atoms with van der Waals surface area (Å²) in [4.78, 5) is 0. The minimum Gasteiger partial charge on any atom is -0.493 e. The third-order valence-electron chi connectivity index (χ3n) is 3.58. The predicted octanol–water partition coefficient (Wildman–Crippen LogP) is 4.33. The third-order valence-corrected chi connectivity index (χ3v) is 3.58. The summed E-state index contributed by atoms with van der Waals surface area (Å²) in [5.74, 6) is 2.15. The van der Waals surface area contributed by atoms with E-state index in [9.17, 15) is 0 Å². The number of aromatic nitrogens is 1. The van der Waals surface area contributed by atoms with E-state index in [1.165, 1.54) is 0 Å². The molecule has 3 aromatic rings. The lowest BCUT2D eigenvalue weighted by atomic mass is 9.99. The van der Waals surface area contributed by atoms with Gasteiger partial charge in [0, 0.05) is 5.56 Å². The normalized spacial score (nSPS) is 10.5. The van der Waals surface area contributed by atoms with Crippen LogP contribution in [0, 0.1) is 6.92 Å². The van der Waals surface area contributed by atoms with Crippen LogP contribution >= 0.6 is 0 Å². The molecule has 0 saturated heterocycles. The lowest BCUT2D eigenvalue weighted by molar-refractivity contribution is 0.355. The van der Waals surface area contributed by atoms with Gasteiger partial charge in [-0.25, -0.2) is 0 Å². The number of hydrogen-bond acceptors (Lipinski definition) is 4. The summed E-state index contributed by atoms with van der Waals surface area (Å²) in [7, 11) is 3.25. The molecule has 1 aromatic heterocycles. The molecule has 112 valence electrons. The molecule has 0 aliphatic rings. The van der Waals surface area contributed by atoms with Gasteiger partial charge in [-0.1, -0.05) is 41.6 Å². The van der Waals surface area contributed by atoms with Gasteiger partial charge >= 0.3 is 0 Å². The van der Waals surface area contributed by atoms with E-state index in [-0.39, 0.29) is 0 Å². The van der Waals surface area contributed by atoms with Crippen LogP contribution in [0.5, 0.6) is 11.5 Å². The van der Waals surface area contributed by atoms with Gasteiger partial charge in [0.2, 0.25) is 0 Å². The van der Waals surface area contributed by atoms with Crippen molar-refractivity contribution in [3.63, 3.8) is 0 Å². The Morgan fingerprint density at radius 2 is 1.59 bits per heavy atom. The van der Waals surface area contributed by atoms with E-state index < -0.39 is 0 Å². The number of methoxy groups -OCH3 is 2. The molecule has 4 nitrogen and oxygen atoms in total. The van der Waals surface area contributed by atoms with Gasteiger partial charge in [0.1, 0.15) is 11.5 Å². The second-order valence-electron chi connectivity index (χ2n) is 4.90. The second-order valence-corrected chi connectivity index (χ2v) is 4.90. The van der Waals surface area contributed by atoms with Crippen molar-refractivity contribution in [3.05, 3.63) is 54.3 Å². The minimum absolute atomic E-state index is 0.680. The van der Waals surface area contributed by atoms with Crippen molar-refractivity contribution in [2.45, 2.75) is 6.92 Å². The molecule has 0 N–H and O–H groups in total. The number of aryl methyl sites for hydroxylation is 1. The molecular formula is C18H17NO3. The highest BCUT2D eigenvalue weighted by Crippen LogP contribution is 2.38. The Hall–Kier alpha value is -2.75. The Bertz CT molecular complexity index is 778. The number of hydrogen-bond donors (Lipinski definition) is 0. The molecule has 1 heterocycles. The average Bonchev–Trinajstić information content (AvgIpc) is 2.96. The first kappa shape index (κ1) is 14.2. The smallest absolute Gasteiger partial charge is 0.161 e. The van der Waals surface area contributed by atoms with Crippen LogP contribution in [0.25, 0.3) is 22.4 Å². The van der Waals surface area contributed by atoms with E-state index in [0.29, 0.717) is 11.5 Å². The quantitative estimate of drug-likeness (QED) is 0.718. The highest BCUT2D eigenvalue weighted by Gasteiger charge is 2.18. The van der Waals surface area contributed by atoms with Crippen molar-refractivity contribution < 1.29 is 14.0 Å². The topological polar surface area (TPSA) is 44.5 Å². The fourth-order valence-electron chi connectivity index (χ4n) is 2.50. The van der Waals surface area contributed by atoms with Crippen LogP contribution in [0.4, 0.5) is 0 Å². The van der Waals surface area contributed by atoms with Gasteiger partial charge in [-0.3, -0.25) is 0 Å². The minimum atomic E-state index is 0.680. The van der Waals surface area contributed by atoms with Crippen molar-refractivity contribution in [2.75, 3.05) is 14.2 Å². The molecule has 0 fully saturated rings. The predicted molar refractivity (Wildman–Crippen MR) is 85.2 cm³/mol.